The molecule has 3 aromatic carbocycles. The molecule has 3 atom stereocenters. The summed E-state index contributed by atoms with van der Waals surface area (Å²) in [6.45, 7) is 5.78. The van der Waals surface area contributed by atoms with Gasteiger partial charge in [-0.15, -0.1) is 0 Å². The molecule has 0 spiro atoms. The second-order valence-corrected chi connectivity index (χ2v) is 15.2. The van der Waals surface area contributed by atoms with E-state index in [1.54, 1.807) is 6.07 Å². The minimum Gasteiger partial charge on any atom is -0.506 e. The Balaban J connectivity index is 0.975. The van der Waals surface area contributed by atoms with Gasteiger partial charge in [0.25, 0.3) is 0 Å². The smallest absolute Gasteiger partial charge is 0.211 e. The second-order valence-electron chi connectivity index (χ2n) is 14.4. The van der Waals surface area contributed by atoms with Gasteiger partial charge in [-0.2, -0.15) is 0 Å². The summed E-state index contributed by atoms with van der Waals surface area (Å²) >= 11 is 13.2. The molecule has 4 fully saturated rings. The molecule has 3 saturated heterocycles. The highest BCUT2D eigenvalue weighted by atomic mass is 35.5. The van der Waals surface area contributed by atoms with Crippen LogP contribution in [0.5, 0.6) is 11.5 Å². The molecule has 0 radical (unpaired) electrons. The van der Waals surface area contributed by atoms with Crippen LogP contribution in [-0.2, 0) is 21.7 Å². The predicted molar refractivity (Wildman–Crippen MR) is 196 cm³/mol. The first kappa shape index (κ1) is 36.9. The van der Waals surface area contributed by atoms with Crippen LogP contribution in [0.3, 0.4) is 0 Å². The first-order chi connectivity index (χ1) is 24.2. The van der Waals surface area contributed by atoms with Gasteiger partial charge in [-0.05, 0) is 59.7 Å². The fourth-order valence-corrected chi connectivity index (χ4v) is 9.00. The van der Waals surface area contributed by atoms with Crippen molar-refractivity contribution in [2.75, 3.05) is 51.3 Å². The van der Waals surface area contributed by atoms with Crippen molar-refractivity contribution in [2.45, 2.75) is 69.3 Å². The maximum Gasteiger partial charge on any atom is 0.211 e. The van der Waals surface area contributed by atoms with E-state index >= 15 is 0 Å². The largest absolute Gasteiger partial charge is 0.506 e. The highest BCUT2D eigenvalue weighted by Crippen LogP contribution is 2.43. The van der Waals surface area contributed by atoms with Gasteiger partial charge in [-0.3, -0.25) is 4.79 Å². The van der Waals surface area contributed by atoms with Gasteiger partial charge in [0.05, 0.1) is 54.7 Å². The summed E-state index contributed by atoms with van der Waals surface area (Å²) in [4.78, 5) is 10.8. The minimum absolute atomic E-state index is 0.0746. The number of piperidine rings is 3. The number of amides is 1. The number of aromatic hydroxyl groups is 1. The lowest BCUT2D eigenvalue weighted by Crippen LogP contribution is -2.65. The average molecular weight is 728 g/mol. The molecule has 1 aliphatic carbocycles. The summed E-state index contributed by atoms with van der Waals surface area (Å²) in [5, 5.41) is 39.0. The fraction of sp³-hybridized carbons (Fsp3) is 0.513. The van der Waals surface area contributed by atoms with E-state index < -0.39 is 11.7 Å². The molecule has 9 nitrogen and oxygen atoms in total. The number of halogens is 2. The van der Waals surface area contributed by atoms with E-state index in [1.807, 2.05) is 42.5 Å². The SMILES string of the molecule is O=CNc1cc([C@@H](O)CNCc2cc(Cl)c(OCCC[N+]34CCC(CC3)[C@@H](OCC(O)(c3ccccc3)C3CCCC3)C4)c(Cl)c2)ccc1O. The number of phenolic OH excluding ortho intramolecular Hbond substituents is 1. The van der Waals surface area contributed by atoms with Crippen LogP contribution < -0.4 is 15.4 Å². The van der Waals surface area contributed by atoms with E-state index in [-0.39, 0.29) is 30.0 Å². The molecule has 3 aromatic rings. The topological polar surface area (TPSA) is 120 Å². The van der Waals surface area contributed by atoms with E-state index in [0.29, 0.717) is 53.4 Å². The van der Waals surface area contributed by atoms with Crippen molar-refractivity contribution in [3.63, 3.8) is 0 Å². The maximum absolute atomic E-state index is 12.0. The Bertz CT molecular complexity index is 1560. The summed E-state index contributed by atoms with van der Waals surface area (Å²) in [6, 6.07) is 18.3. The van der Waals surface area contributed by atoms with E-state index in [9.17, 15) is 20.1 Å². The van der Waals surface area contributed by atoms with Gasteiger partial charge >= 0.3 is 0 Å². The minimum atomic E-state index is -0.942. The molecular formula is C39H50Cl2N3O6+. The highest BCUT2D eigenvalue weighted by molar-refractivity contribution is 6.37. The zero-order valence-electron chi connectivity index (χ0n) is 28.5. The number of fused-ring (bicyclic) bond motifs is 3. The van der Waals surface area contributed by atoms with E-state index in [2.05, 4.69) is 10.6 Å². The number of benzene rings is 3. The van der Waals surface area contributed by atoms with Crippen molar-refractivity contribution in [2.24, 2.45) is 11.8 Å². The van der Waals surface area contributed by atoms with Gasteiger partial charge in [0.1, 0.15) is 24.0 Å². The number of aliphatic hydroxyl groups is 2. The molecular weight excluding hydrogens is 677 g/mol. The fourth-order valence-electron chi connectivity index (χ4n) is 8.36. The molecule has 50 heavy (non-hydrogen) atoms. The van der Waals surface area contributed by atoms with Crippen molar-refractivity contribution in [3.05, 3.63) is 87.4 Å². The van der Waals surface area contributed by atoms with Gasteiger partial charge in [-0.25, -0.2) is 0 Å². The molecule has 3 heterocycles. The number of anilines is 1. The monoisotopic (exact) mass is 726 g/mol. The third-order valence-corrected chi connectivity index (χ3v) is 11.8. The normalized spacial score (nSPS) is 23.8. The number of rotatable bonds is 17. The maximum atomic E-state index is 12.0. The zero-order valence-corrected chi connectivity index (χ0v) is 30.0. The van der Waals surface area contributed by atoms with E-state index in [0.717, 1.165) is 73.9 Å². The lowest BCUT2D eigenvalue weighted by molar-refractivity contribution is -0.946. The van der Waals surface area contributed by atoms with Gasteiger partial charge in [0, 0.05) is 38.3 Å². The summed E-state index contributed by atoms with van der Waals surface area (Å²) < 4.78 is 13.9. The number of nitrogens with zero attached hydrogens (tertiary/aromatic N) is 1. The van der Waals surface area contributed by atoms with Crippen LogP contribution in [0.4, 0.5) is 5.69 Å². The molecule has 4 aliphatic rings. The lowest BCUT2D eigenvalue weighted by atomic mass is 9.80. The number of phenols is 1. The second kappa shape index (κ2) is 16.6. The average Bonchev–Trinajstić information content (AvgIpc) is 3.68. The van der Waals surface area contributed by atoms with Crippen molar-refractivity contribution in [3.8, 4) is 11.5 Å². The van der Waals surface area contributed by atoms with Crippen LogP contribution in [0.2, 0.25) is 10.0 Å². The third-order valence-electron chi connectivity index (χ3n) is 11.2. The van der Waals surface area contributed by atoms with Crippen LogP contribution in [0.1, 0.15) is 67.7 Å². The van der Waals surface area contributed by atoms with Crippen LogP contribution >= 0.6 is 23.2 Å². The summed E-state index contributed by atoms with van der Waals surface area (Å²) in [5.74, 6) is 1.19. The molecule has 5 N–H and O–H groups in total. The molecule has 0 aromatic heterocycles. The lowest BCUT2D eigenvalue weighted by Gasteiger charge is -2.53. The predicted octanol–water partition coefficient (Wildman–Crippen LogP) is 6.56. The molecule has 3 aliphatic heterocycles. The molecule has 1 amide bonds. The first-order valence-corrected chi connectivity index (χ1v) is 18.7. The number of hydrogen-bond acceptors (Lipinski definition) is 7. The number of ether oxygens (including phenoxy) is 2. The Morgan fingerprint density at radius 2 is 1.72 bits per heavy atom. The van der Waals surface area contributed by atoms with Gasteiger partial charge in [-0.1, -0.05) is 72.4 Å². The molecule has 11 heteroatoms. The van der Waals surface area contributed by atoms with Crippen molar-refractivity contribution < 1.29 is 34.1 Å². The van der Waals surface area contributed by atoms with E-state index in [1.165, 1.54) is 25.0 Å². The highest BCUT2D eigenvalue weighted by Gasteiger charge is 2.48. The molecule has 7 rings (SSSR count). The van der Waals surface area contributed by atoms with Gasteiger partial charge in [0.2, 0.25) is 6.41 Å². The Morgan fingerprint density at radius 1 is 1.00 bits per heavy atom. The van der Waals surface area contributed by atoms with E-state index in [4.69, 9.17) is 32.7 Å². The molecule has 270 valence electrons. The van der Waals surface area contributed by atoms with Crippen molar-refractivity contribution in [1.29, 1.82) is 0 Å². The quantitative estimate of drug-likeness (QED) is 0.0463. The van der Waals surface area contributed by atoms with Gasteiger partial charge < -0.3 is 39.9 Å². The number of quaternary nitrogens is 1. The van der Waals surface area contributed by atoms with Crippen LogP contribution in [0, 0.1) is 11.8 Å². The van der Waals surface area contributed by atoms with Crippen LogP contribution in [0.15, 0.2) is 60.7 Å². The Labute approximate surface area is 305 Å². The van der Waals surface area contributed by atoms with Crippen molar-refractivity contribution in [1.82, 2.24) is 5.32 Å². The summed E-state index contributed by atoms with van der Waals surface area (Å²) in [5.41, 5.74) is 1.67. The Hall–Kier alpha value is -2.89. The summed E-state index contributed by atoms with van der Waals surface area (Å²) in [6.07, 6.45) is 7.37. The number of hydrogen-bond donors (Lipinski definition) is 5. The molecule has 1 saturated carbocycles. The molecule has 1 unspecified atom stereocenters. The third kappa shape index (κ3) is 8.59. The number of nitrogens with one attached hydrogen (secondary N) is 2. The van der Waals surface area contributed by atoms with Crippen LogP contribution in [-0.4, -0.2) is 78.3 Å². The standard InChI is InChI=1S/C39H49Cl2N3O6/c40-32-19-27(22-42-23-36(47)29-11-12-35(46)34(21-29)43-26-45)20-33(41)38(32)49-18-6-15-44-16-13-28(14-17-44)37(24-44)50-25-39(48,31-9-4-5-10-31)30-7-2-1-3-8-30/h1-3,7-8,11-12,19-21,26,28,31,36-37,42,47-48H,4-6,9-10,13-18,22-25H2,(H-,43,45,46)/p+1/t28?,36-,37-,39?,44?/m0/s1. The first-order valence-electron chi connectivity index (χ1n) is 18.0. The number of carbonyl (C=O) groups excluding carboxylic acids is 1. The molecule has 2 bridgehead atoms. The number of carbonyl (C=O) groups is 1. The van der Waals surface area contributed by atoms with Crippen molar-refractivity contribution >= 4 is 35.3 Å². The summed E-state index contributed by atoms with van der Waals surface area (Å²) in [7, 11) is 0. The van der Waals surface area contributed by atoms with Gasteiger partial charge in [0.15, 0.2) is 5.75 Å². The Kier molecular flexibility index (Phi) is 12.3. The zero-order chi connectivity index (χ0) is 35.1. The Morgan fingerprint density at radius 3 is 2.42 bits per heavy atom. The number of aliphatic hydroxyl groups excluding tert-OH is 1. The van der Waals surface area contributed by atoms with Crippen LogP contribution in [0.25, 0.3) is 0 Å².